The molecule has 0 amide bonds. The van der Waals surface area contributed by atoms with Crippen LogP contribution in [0, 0.1) is 0 Å². The zero-order chi connectivity index (χ0) is 8.97. The molecule has 0 atom stereocenters. The van der Waals surface area contributed by atoms with Crippen molar-refractivity contribution in [2.75, 3.05) is 13.2 Å². The molecule has 0 aliphatic rings. The van der Waals surface area contributed by atoms with Crippen LogP contribution in [0.5, 0.6) is 0 Å². The largest absolute Gasteiger partial charge is 0.374 e. The first kappa shape index (κ1) is 9.89. The van der Waals surface area contributed by atoms with E-state index in [4.69, 9.17) is 4.74 Å². The minimum Gasteiger partial charge on any atom is -0.374 e. The van der Waals surface area contributed by atoms with E-state index >= 15 is 0 Å². The number of rotatable bonds is 4. The van der Waals surface area contributed by atoms with Gasteiger partial charge in [0.2, 0.25) is 0 Å². The van der Waals surface area contributed by atoms with Crippen molar-refractivity contribution in [3.05, 3.63) is 20.8 Å². The monoisotopic (exact) mass is 248 g/mol. The second-order valence-electron chi connectivity index (χ2n) is 2.16. The molecule has 66 valence electrons. The molecule has 4 heteroatoms. The lowest BCUT2D eigenvalue weighted by Gasteiger charge is -1.98. The summed E-state index contributed by atoms with van der Waals surface area (Å²) in [5, 5.41) is 1.88. The van der Waals surface area contributed by atoms with Crippen molar-refractivity contribution in [3.63, 3.8) is 0 Å². The SMILES string of the molecule is CCOCC(=O)c1sccc1Br. The number of hydrogen-bond acceptors (Lipinski definition) is 3. The van der Waals surface area contributed by atoms with Gasteiger partial charge in [0.1, 0.15) is 6.61 Å². The average Bonchev–Trinajstić information content (AvgIpc) is 2.47. The van der Waals surface area contributed by atoms with Crippen LogP contribution in [-0.4, -0.2) is 19.0 Å². The molecular weight excluding hydrogens is 240 g/mol. The highest BCUT2D eigenvalue weighted by Crippen LogP contribution is 2.22. The Balaban J connectivity index is 2.59. The summed E-state index contributed by atoms with van der Waals surface area (Å²) in [5.74, 6) is 0.0405. The van der Waals surface area contributed by atoms with Crippen LogP contribution in [0.4, 0.5) is 0 Å². The van der Waals surface area contributed by atoms with Crippen molar-refractivity contribution < 1.29 is 9.53 Å². The van der Waals surface area contributed by atoms with E-state index in [0.29, 0.717) is 6.61 Å². The van der Waals surface area contributed by atoms with Crippen LogP contribution in [0.1, 0.15) is 16.6 Å². The van der Waals surface area contributed by atoms with Gasteiger partial charge in [0.15, 0.2) is 5.78 Å². The number of carbonyl (C=O) groups excluding carboxylic acids is 1. The zero-order valence-electron chi connectivity index (χ0n) is 6.67. The highest BCUT2D eigenvalue weighted by molar-refractivity contribution is 9.10. The van der Waals surface area contributed by atoms with Gasteiger partial charge < -0.3 is 4.74 Å². The predicted octanol–water partition coefficient (Wildman–Crippen LogP) is 2.73. The molecule has 1 aromatic heterocycles. The van der Waals surface area contributed by atoms with Gasteiger partial charge in [0.05, 0.1) is 4.88 Å². The van der Waals surface area contributed by atoms with Crippen molar-refractivity contribution in [2.24, 2.45) is 0 Å². The van der Waals surface area contributed by atoms with Gasteiger partial charge in [-0.3, -0.25) is 4.79 Å². The lowest BCUT2D eigenvalue weighted by Crippen LogP contribution is -2.07. The van der Waals surface area contributed by atoms with Crippen LogP contribution in [0.3, 0.4) is 0 Å². The third-order valence-corrected chi connectivity index (χ3v) is 3.19. The Morgan fingerprint density at radius 3 is 3.00 bits per heavy atom. The zero-order valence-corrected chi connectivity index (χ0v) is 9.07. The molecule has 0 aromatic carbocycles. The number of ether oxygens (including phenoxy) is 1. The molecule has 0 N–H and O–H groups in total. The van der Waals surface area contributed by atoms with E-state index in [0.717, 1.165) is 9.35 Å². The van der Waals surface area contributed by atoms with Crippen LogP contribution in [0.2, 0.25) is 0 Å². The Morgan fingerprint density at radius 2 is 2.50 bits per heavy atom. The second kappa shape index (κ2) is 4.74. The minimum absolute atomic E-state index is 0.0405. The summed E-state index contributed by atoms with van der Waals surface area (Å²) in [6.45, 7) is 2.63. The van der Waals surface area contributed by atoms with Crippen molar-refractivity contribution in [1.29, 1.82) is 0 Å². The molecule has 0 radical (unpaired) electrons. The summed E-state index contributed by atoms with van der Waals surface area (Å²) in [6, 6.07) is 1.86. The molecule has 0 fully saturated rings. The van der Waals surface area contributed by atoms with Crippen LogP contribution in [-0.2, 0) is 4.74 Å². The third-order valence-electron chi connectivity index (χ3n) is 1.31. The number of Topliss-reactive ketones (excluding diaryl/α,β-unsaturated/α-hetero) is 1. The van der Waals surface area contributed by atoms with E-state index in [2.05, 4.69) is 15.9 Å². The molecule has 1 heterocycles. The molecule has 12 heavy (non-hydrogen) atoms. The van der Waals surface area contributed by atoms with Crippen LogP contribution in [0.25, 0.3) is 0 Å². The molecule has 1 aromatic rings. The first-order valence-corrected chi connectivity index (χ1v) is 5.27. The smallest absolute Gasteiger partial charge is 0.199 e. The summed E-state index contributed by atoms with van der Waals surface area (Å²) in [7, 11) is 0. The predicted molar refractivity (Wildman–Crippen MR) is 52.8 cm³/mol. The molecule has 0 saturated heterocycles. The average molecular weight is 249 g/mol. The Hall–Kier alpha value is -0.190. The summed E-state index contributed by atoms with van der Waals surface area (Å²) in [4.78, 5) is 12.1. The highest BCUT2D eigenvalue weighted by atomic mass is 79.9. The fraction of sp³-hybridized carbons (Fsp3) is 0.375. The van der Waals surface area contributed by atoms with E-state index in [1.807, 2.05) is 18.4 Å². The van der Waals surface area contributed by atoms with Gasteiger partial charge in [0.25, 0.3) is 0 Å². The second-order valence-corrected chi connectivity index (χ2v) is 3.93. The van der Waals surface area contributed by atoms with Gasteiger partial charge in [-0.2, -0.15) is 0 Å². The first-order valence-electron chi connectivity index (χ1n) is 3.59. The Morgan fingerprint density at radius 1 is 1.75 bits per heavy atom. The lowest BCUT2D eigenvalue weighted by atomic mass is 10.3. The molecule has 2 nitrogen and oxygen atoms in total. The molecule has 0 bridgehead atoms. The Bertz CT molecular complexity index is 270. The molecule has 0 unspecified atom stereocenters. The number of hydrogen-bond donors (Lipinski definition) is 0. The van der Waals surface area contributed by atoms with Gasteiger partial charge in [-0.1, -0.05) is 0 Å². The Labute approximate surface area is 83.7 Å². The van der Waals surface area contributed by atoms with E-state index in [1.54, 1.807) is 0 Å². The van der Waals surface area contributed by atoms with E-state index in [9.17, 15) is 4.79 Å². The summed E-state index contributed by atoms with van der Waals surface area (Å²) >= 11 is 4.72. The summed E-state index contributed by atoms with van der Waals surface area (Å²) < 4.78 is 5.87. The number of halogens is 1. The summed E-state index contributed by atoms with van der Waals surface area (Å²) in [5.41, 5.74) is 0. The standard InChI is InChI=1S/C8H9BrO2S/c1-2-11-5-7(10)8-6(9)3-4-12-8/h3-4H,2,5H2,1H3. The molecule has 1 rings (SSSR count). The fourth-order valence-electron chi connectivity index (χ4n) is 0.753. The quantitative estimate of drug-likeness (QED) is 0.767. The summed E-state index contributed by atoms with van der Waals surface area (Å²) in [6.07, 6.45) is 0. The molecule has 0 aliphatic carbocycles. The highest BCUT2D eigenvalue weighted by Gasteiger charge is 2.10. The lowest BCUT2D eigenvalue weighted by molar-refractivity contribution is 0.0787. The van der Waals surface area contributed by atoms with Crippen molar-refractivity contribution in [1.82, 2.24) is 0 Å². The molecule has 0 saturated carbocycles. The van der Waals surface area contributed by atoms with Gasteiger partial charge in [-0.15, -0.1) is 11.3 Å². The minimum atomic E-state index is 0.0405. The Kier molecular flexibility index (Phi) is 3.91. The van der Waals surface area contributed by atoms with Crippen LogP contribution in [0.15, 0.2) is 15.9 Å². The number of thiophene rings is 1. The molecule has 0 aliphatic heterocycles. The topological polar surface area (TPSA) is 26.3 Å². The van der Waals surface area contributed by atoms with Crippen LogP contribution < -0.4 is 0 Å². The molecule has 0 spiro atoms. The van der Waals surface area contributed by atoms with Gasteiger partial charge in [0, 0.05) is 11.1 Å². The fourth-order valence-corrected chi connectivity index (χ4v) is 2.27. The third kappa shape index (κ3) is 2.40. The van der Waals surface area contributed by atoms with Crippen LogP contribution >= 0.6 is 27.3 Å². The number of ketones is 1. The first-order chi connectivity index (χ1) is 5.75. The van der Waals surface area contributed by atoms with Crippen molar-refractivity contribution in [2.45, 2.75) is 6.92 Å². The maximum atomic E-state index is 11.3. The van der Waals surface area contributed by atoms with Crippen molar-refractivity contribution >= 4 is 33.0 Å². The number of carbonyl (C=O) groups is 1. The van der Waals surface area contributed by atoms with Gasteiger partial charge >= 0.3 is 0 Å². The molecular formula is C8H9BrO2S. The normalized spacial score (nSPS) is 10.2. The van der Waals surface area contributed by atoms with E-state index < -0.39 is 0 Å². The van der Waals surface area contributed by atoms with E-state index in [-0.39, 0.29) is 12.4 Å². The van der Waals surface area contributed by atoms with E-state index in [1.165, 1.54) is 11.3 Å². The maximum Gasteiger partial charge on any atom is 0.199 e. The van der Waals surface area contributed by atoms with Gasteiger partial charge in [-0.25, -0.2) is 0 Å². The van der Waals surface area contributed by atoms with Crippen molar-refractivity contribution in [3.8, 4) is 0 Å². The maximum absolute atomic E-state index is 11.3. The van der Waals surface area contributed by atoms with Gasteiger partial charge in [-0.05, 0) is 34.3 Å².